The number of nitrogens with one attached hydrogen (secondary N) is 1. The summed E-state index contributed by atoms with van der Waals surface area (Å²) < 4.78 is 0. The summed E-state index contributed by atoms with van der Waals surface area (Å²) in [4.78, 5) is 13.4. The molecule has 94 valence electrons. The monoisotopic (exact) mass is 226 g/mol. The predicted octanol–water partition coefficient (Wildman–Crippen LogP) is 1.88. The summed E-state index contributed by atoms with van der Waals surface area (Å²) in [6.45, 7) is 7.86. The molecule has 16 heavy (non-hydrogen) atoms. The SMILES string of the molecule is CCC1CCC(NCC(=O)N(C)CC)C1C. The minimum absolute atomic E-state index is 0.203. The number of nitrogens with zero attached hydrogens (tertiary/aromatic N) is 1. The van der Waals surface area contributed by atoms with Gasteiger partial charge in [-0.15, -0.1) is 0 Å². The molecule has 0 aromatic heterocycles. The lowest BCUT2D eigenvalue weighted by molar-refractivity contribution is -0.128. The van der Waals surface area contributed by atoms with Crippen LogP contribution >= 0.6 is 0 Å². The first-order valence-electron chi connectivity index (χ1n) is 6.57. The van der Waals surface area contributed by atoms with Crippen LogP contribution in [0, 0.1) is 11.8 Å². The number of hydrogen-bond acceptors (Lipinski definition) is 2. The van der Waals surface area contributed by atoms with Crippen molar-refractivity contribution in [2.75, 3.05) is 20.1 Å². The van der Waals surface area contributed by atoms with Crippen LogP contribution in [0.1, 0.15) is 40.0 Å². The molecule has 0 aliphatic heterocycles. The summed E-state index contributed by atoms with van der Waals surface area (Å²) in [5.74, 6) is 1.76. The molecule has 0 aromatic carbocycles. The molecule has 1 saturated carbocycles. The average molecular weight is 226 g/mol. The van der Waals surface area contributed by atoms with E-state index in [0.717, 1.165) is 12.5 Å². The molecule has 3 unspecified atom stereocenters. The number of amides is 1. The van der Waals surface area contributed by atoms with Crippen LogP contribution in [0.2, 0.25) is 0 Å². The van der Waals surface area contributed by atoms with Crippen molar-refractivity contribution in [3.63, 3.8) is 0 Å². The van der Waals surface area contributed by atoms with E-state index in [-0.39, 0.29) is 5.91 Å². The zero-order valence-corrected chi connectivity index (χ0v) is 11.1. The van der Waals surface area contributed by atoms with Gasteiger partial charge in [0.2, 0.25) is 5.91 Å². The van der Waals surface area contributed by atoms with Crippen molar-refractivity contribution < 1.29 is 4.79 Å². The van der Waals surface area contributed by atoms with Crippen LogP contribution in [-0.2, 0) is 4.79 Å². The van der Waals surface area contributed by atoms with Gasteiger partial charge in [0.15, 0.2) is 0 Å². The maximum Gasteiger partial charge on any atom is 0.236 e. The van der Waals surface area contributed by atoms with E-state index in [1.165, 1.54) is 19.3 Å². The van der Waals surface area contributed by atoms with Crippen LogP contribution < -0.4 is 5.32 Å². The van der Waals surface area contributed by atoms with Crippen molar-refractivity contribution in [2.24, 2.45) is 11.8 Å². The average Bonchev–Trinajstić information content (AvgIpc) is 2.65. The number of hydrogen-bond donors (Lipinski definition) is 1. The largest absolute Gasteiger partial charge is 0.345 e. The second-order valence-corrected chi connectivity index (χ2v) is 5.00. The van der Waals surface area contributed by atoms with E-state index in [9.17, 15) is 4.79 Å². The van der Waals surface area contributed by atoms with Crippen LogP contribution in [-0.4, -0.2) is 37.0 Å². The highest BCUT2D eigenvalue weighted by molar-refractivity contribution is 5.77. The van der Waals surface area contributed by atoms with Crippen LogP contribution in [0.3, 0.4) is 0 Å². The van der Waals surface area contributed by atoms with E-state index in [2.05, 4.69) is 19.2 Å². The zero-order valence-electron chi connectivity index (χ0n) is 11.1. The molecular formula is C13H26N2O. The van der Waals surface area contributed by atoms with Crippen LogP contribution in [0.4, 0.5) is 0 Å². The molecule has 0 radical (unpaired) electrons. The molecule has 3 nitrogen and oxygen atoms in total. The first-order valence-corrected chi connectivity index (χ1v) is 6.57. The zero-order chi connectivity index (χ0) is 12.1. The number of carbonyl (C=O) groups excluding carboxylic acids is 1. The Hall–Kier alpha value is -0.570. The number of rotatable bonds is 5. The highest BCUT2D eigenvalue weighted by Gasteiger charge is 2.31. The molecule has 0 aromatic rings. The van der Waals surface area contributed by atoms with Gasteiger partial charge < -0.3 is 10.2 Å². The van der Waals surface area contributed by atoms with Gasteiger partial charge in [-0.3, -0.25) is 4.79 Å². The fourth-order valence-corrected chi connectivity index (χ4v) is 2.64. The second kappa shape index (κ2) is 6.24. The first-order chi connectivity index (χ1) is 7.60. The van der Waals surface area contributed by atoms with Gasteiger partial charge in [-0.25, -0.2) is 0 Å². The van der Waals surface area contributed by atoms with Crippen LogP contribution in [0.15, 0.2) is 0 Å². The van der Waals surface area contributed by atoms with Crippen molar-refractivity contribution in [1.82, 2.24) is 10.2 Å². The molecule has 1 N–H and O–H groups in total. The topological polar surface area (TPSA) is 32.3 Å². The molecule has 1 fully saturated rings. The highest BCUT2D eigenvalue weighted by atomic mass is 16.2. The van der Waals surface area contributed by atoms with Gasteiger partial charge in [0.1, 0.15) is 0 Å². The summed E-state index contributed by atoms with van der Waals surface area (Å²) in [7, 11) is 1.86. The van der Waals surface area contributed by atoms with Gasteiger partial charge in [0, 0.05) is 19.6 Å². The molecule has 1 aliphatic rings. The fourth-order valence-electron chi connectivity index (χ4n) is 2.64. The molecule has 1 aliphatic carbocycles. The number of likely N-dealkylation sites (N-methyl/N-ethyl adjacent to an activating group) is 1. The van der Waals surface area contributed by atoms with E-state index >= 15 is 0 Å². The standard InChI is InChI=1S/C13H26N2O/c1-5-11-7-8-12(10(11)3)14-9-13(16)15(4)6-2/h10-12,14H,5-9H2,1-4H3. The molecule has 3 heteroatoms. The quantitative estimate of drug-likeness (QED) is 0.776. The van der Waals surface area contributed by atoms with Gasteiger partial charge >= 0.3 is 0 Å². The molecular weight excluding hydrogens is 200 g/mol. The minimum atomic E-state index is 0.203. The molecule has 1 amide bonds. The molecule has 1 rings (SSSR count). The van der Waals surface area contributed by atoms with Gasteiger partial charge in [-0.2, -0.15) is 0 Å². The Labute approximate surface area is 99.6 Å². The van der Waals surface area contributed by atoms with Crippen molar-refractivity contribution in [2.45, 2.75) is 46.1 Å². The van der Waals surface area contributed by atoms with Crippen molar-refractivity contribution in [3.8, 4) is 0 Å². The lowest BCUT2D eigenvalue weighted by atomic mass is 9.93. The van der Waals surface area contributed by atoms with Gasteiger partial charge in [0.05, 0.1) is 6.54 Å². The van der Waals surface area contributed by atoms with Crippen molar-refractivity contribution >= 4 is 5.91 Å². The van der Waals surface area contributed by atoms with E-state index in [1.54, 1.807) is 4.90 Å². The Morgan fingerprint density at radius 2 is 2.06 bits per heavy atom. The first kappa shape index (κ1) is 13.5. The Bertz CT molecular complexity index is 230. The molecule has 0 saturated heterocycles. The smallest absolute Gasteiger partial charge is 0.236 e. The van der Waals surface area contributed by atoms with E-state index in [4.69, 9.17) is 0 Å². The Morgan fingerprint density at radius 3 is 2.56 bits per heavy atom. The molecule has 0 spiro atoms. The summed E-state index contributed by atoms with van der Waals surface area (Å²) in [6, 6.07) is 0.541. The Morgan fingerprint density at radius 1 is 1.38 bits per heavy atom. The lowest BCUT2D eigenvalue weighted by Gasteiger charge is -2.22. The molecule has 0 heterocycles. The summed E-state index contributed by atoms with van der Waals surface area (Å²) in [5.41, 5.74) is 0. The Balaban J connectivity index is 2.31. The van der Waals surface area contributed by atoms with Gasteiger partial charge in [0.25, 0.3) is 0 Å². The van der Waals surface area contributed by atoms with Gasteiger partial charge in [-0.05, 0) is 31.6 Å². The highest BCUT2D eigenvalue weighted by Crippen LogP contribution is 2.33. The minimum Gasteiger partial charge on any atom is -0.345 e. The van der Waals surface area contributed by atoms with Crippen molar-refractivity contribution in [1.29, 1.82) is 0 Å². The van der Waals surface area contributed by atoms with E-state index < -0.39 is 0 Å². The second-order valence-electron chi connectivity index (χ2n) is 5.00. The summed E-state index contributed by atoms with van der Waals surface area (Å²) in [6.07, 6.45) is 3.80. The Kier molecular flexibility index (Phi) is 5.26. The summed E-state index contributed by atoms with van der Waals surface area (Å²) >= 11 is 0. The number of carbonyl (C=O) groups is 1. The fraction of sp³-hybridized carbons (Fsp3) is 0.923. The maximum atomic E-state index is 11.7. The molecule has 0 bridgehead atoms. The van der Waals surface area contributed by atoms with E-state index in [1.807, 2.05) is 14.0 Å². The normalized spacial score (nSPS) is 29.4. The third kappa shape index (κ3) is 3.21. The third-order valence-corrected chi connectivity index (χ3v) is 4.17. The third-order valence-electron chi connectivity index (χ3n) is 4.17. The predicted molar refractivity (Wildman–Crippen MR) is 67.3 cm³/mol. The van der Waals surface area contributed by atoms with Crippen LogP contribution in [0.5, 0.6) is 0 Å². The van der Waals surface area contributed by atoms with Crippen molar-refractivity contribution in [3.05, 3.63) is 0 Å². The lowest BCUT2D eigenvalue weighted by Crippen LogP contribution is -2.41. The molecule has 3 atom stereocenters. The van der Waals surface area contributed by atoms with E-state index in [0.29, 0.717) is 18.5 Å². The summed E-state index contributed by atoms with van der Waals surface area (Å²) in [5, 5.41) is 3.42. The van der Waals surface area contributed by atoms with Crippen LogP contribution in [0.25, 0.3) is 0 Å². The van der Waals surface area contributed by atoms with Gasteiger partial charge in [-0.1, -0.05) is 20.3 Å². The maximum absolute atomic E-state index is 11.7.